The van der Waals surface area contributed by atoms with Crippen LogP contribution < -0.4 is 5.73 Å². The Morgan fingerprint density at radius 2 is 1.62 bits per heavy atom. The van der Waals surface area contributed by atoms with Gasteiger partial charge in [0.1, 0.15) is 0 Å². The summed E-state index contributed by atoms with van der Waals surface area (Å²) in [6, 6.07) is 0.325. The fraction of sp³-hybridized carbons (Fsp3) is 0.947. The van der Waals surface area contributed by atoms with Crippen LogP contribution >= 0.6 is 24.8 Å². The molecule has 26 heavy (non-hydrogen) atoms. The second-order valence-electron chi connectivity index (χ2n) is 7.54. The third-order valence-electron chi connectivity index (χ3n) is 6.22. The van der Waals surface area contributed by atoms with Crippen LogP contribution in [0.4, 0.5) is 0 Å². The molecular weight excluding hydrogens is 373 g/mol. The van der Waals surface area contributed by atoms with Crippen molar-refractivity contribution in [2.75, 3.05) is 46.4 Å². The van der Waals surface area contributed by atoms with Crippen LogP contribution in [0, 0.1) is 17.8 Å². The average Bonchev–Trinajstić information content (AvgIpc) is 2.57. The average molecular weight is 412 g/mol. The van der Waals surface area contributed by atoms with E-state index in [4.69, 9.17) is 10.5 Å². The maximum atomic E-state index is 13.1. The number of nitrogens with zero attached hydrogens (tertiary/aromatic N) is 2. The van der Waals surface area contributed by atoms with Gasteiger partial charge in [-0.3, -0.25) is 4.79 Å². The highest BCUT2D eigenvalue weighted by Crippen LogP contribution is 2.42. The van der Waals surface area contributed by atoms with Gasteiger partial charge in [0.2, 0.25) is 5.91 Å². The molecule has 2 N–H and O–H groups in total. The second-order valence-corrected chi connectivity index (χ2v) is 7.54. The van der Waals surface area contributed by atoms with Gasteiger partial charge >= 0.3 is 0 Å². The molecule has 0 heterocycles. The van der Waals surface area contributed by atoms with Crippen molar-refractivity contribution < 1.29 is 9.53 Å². The zero-order valence-electron chi connectivity index (χ0n) is 16.7. The first kappa shape index (κ1) is 25.9. The molecule has 156 valence electrons. The summed E-state index contributed by atoms with van der Waals surface area (Å²) in [5, 5.41) is 0. The van der Waals surface area contributed by atoms with Crippen LogP contribution in [-0.2, 0) is 9.53 Å². The summed E-state index contributed by atoms with van der Waals surface area (Å²) in [5.41, 5.74) is 6.39. The lowest BCUT2D eigenvalue weighted by atomic mass is 9.65. The van der Waals surface area contributed by atoms with Crippen molar-refractivity contribution in [2.45, 2.75) is 52.0 Å². The van der Waals surface area contributed by atoms with Gasteiger partial charge in [-0.2, -0.15) is 0 Å². The number of carbonyl (C=O) groups is 1. The summed E-state index contributed by atoms with van der Waals surface area (Å²) in [7, 11) is 1.71. The zero-order valence-corrected chi connectivity index (χ0v) is 18.3. The van der Waals surface area contributed by atoms with E-state index in [9.17, 15) is 4.79 Å². The number of rotatable bonds is 9. The van der Waals surface area contributed by atoms with E-state index >= 15 is 0 Å². The van der Waals surface area contributed by atoms with Gasteiger partial charge in [-0.05, 0) is 50.6 Å². The minimum atomic E-state index is 0. The van der Waals surface area contributed by atoms with E-state index in [1.807, 2.05) is 4.90 Å². The van der Waals surface area contributed by atoms with Crippen molar-refractivity contribution in [3.05, 3.63) is 0 Å². The highest BCUT2D eigenvalue weighted by molar-refractivity contribution is 5.85. The minimum absolute atomic E-state index is 0. The molecular formula is C19H39Cl2N3O2. The molecule has 2 rings (SSSR count). The van der Waals surface area contributed by atoms with Crippen LogP contribution in [0.3, 0.4) is 0 Å². The standard InChI is InChI=1S/C19H37N3O2.2ClH/c1-4-21(5-2)9-10-22(11-12-24-3)19(23)17-13-15-7-6-8-16(14-17)18(15)20;;/h15-18H,4-14,20H2,1-3H3;2*1H. The normalized spacial score (nSPS) is 27.4. The number of ether oxygens (including phenoxy) is 1. The number of methoxy groups -OCH3 is 1. The lowest BCUT2D eigenvalue weighted by molar-refractivity contribution is -0.139. The van der Waals surface area contributed by atoms with Crippen LogP contribution in [0.2, 0.25) is 0 Å². The summed E-state index contributed by atoms with van der Waals surface area (Å²) >= 11 is 0. The van der Waals surface area contributed by atoms with Crippen molar-refractivity contribution in [1.82, 2.24) is 9.80 Å². The molecule has 0 aromatic carbocycles. The Morgan fingerprint density at radius 3 is 2.12 bits per heavy atom. The SMILES string of the molecule is CCN(CC)CCN(CCOC)C(=O)C1CC2CCCC(C1)C2N.Cl.Cl. The van der Waals surface area contributed by atoms with Gasteiger partial charge in [0.15, 0.2) is 0 Å². The molecule has 2 bridgehead atoms. The number of amides is 1. The van der Waals surface area contributed by atoms with Crippen LogP contribution in [-0.4, -0.2) is 68.2 Å². The van der Waals surface area contributed by atoms with Gasteiger partial charge in [-0.25, -0.2) is 0 Å². The Labute approximate surface area is 172 Å². The Kier molecular flexibility index (Phi) is 13.1. The van der Waals surface area contributed by atoms with E-state index in [2.05, 4.69) is 18.7 Å². The first-order valence-electron chi connectivity index (χ1n) is 9.86. The number of hydrogen-bond donors (Lipinski definition) is 1. The van der Waals surface area contributed by atoms with E-state index in [0.717, 1.165) is 39.0 Å². The largest absolute Gasteiger partial charge is 0.383 e. The van der Waals surface area contributed by atoms with E-state index in [-0.39, 0.29) is 30.7 Å². The number of hydrogen-bond acceptors (Lipinski definition) is 4. The van der Waals surface area contributed by atoms with Crippen molar-refractivity contribution in [1.29, 1.82) is 0 Å². The Morgan fingerprint density at radius 1 is 1.04 bits per heavy atom. The summed E-state index contributed by atoms with van der Waals surface area (Å²) in [4.78, 5) is 17.6. The number of halogens is 2. The molecule has 2 aliphatic rings. The molecule has 0 spiro atoms. The highest BCUT2D eigenvalue weighted by atomic mass is 35.5. The first-order valence-corrected chi connectivity index (χ1v) is 9.86. The quantitative estimate of drug-likeness (QED) is 0.633. The Bertz CT molecular complexity index is 383. The smallest absolute Gasteiger partial charge is 0.225 e. The van der Waals surface area contributed by atoms with Crippen LogP contribution in [0.25, 0.3) is 0 Å². The van der Waals surface area contributed by atoms with Crippen molar-refractivity contribution in [2.24, 2.45) is 23.5 Å². The molecule has 1 amide bonds. The van der Waals surface area contributed by atoms with Crippen LogP contribution in [0.15, 0.2) is 0 Å². The molecule has 0 aromatic rings. The molecule has 0 aliphatic heterocycles. The number of fused-ring (bicyclic) bond motifs is 2. The molecule has 2 unspecified atom stereocenters. The summed E-state index contributed by atoms with van der Waals surface area (Å²) in [5.74, 6) is 1.62. The fourth-order valence-corrected chi connectivity index (χ4v) is 4.58. The lowest BCUT2D eigenvalue weighted by Crippen LogP contribution is -2.51. The molecule has 2 fully saturated rings. The maximum absolute atomic E-state index is 13.1. The molecule has 0 aromatic heterocycles. The van der Waals surface area contributed by atoms with Gasteiger partial charge in [-0.15, -0.1) is 24.8 Å². The van der Waals surface area contributed by atoms with Gasteiger partial charge < -0.3 is 20.3 Å². The molecule has 0 radical (unpaired) electrons. The number of nitrogens with two attached hydrogens (primary N) is 1. The molecule has 2 atom stereocenters. The summed E-state index contributed by atoms with van der Waals surface area (Å²) in [6.45, 7) is 9.49. The third-order valence-corrected chi connectivity index (χ3v) is 6.22. The van der Waals surface area contributed by atoms with E-state index in [1.165, 1.54) is 19.3 Å². The van der Waals surface area contributed by atoms with Crippen molar-refractivity contribution in [3.63, 3.8) is 0 Å². The second kappa shape index (κ2) is 13.2. The molecule has 5 nitrogen and oxygen atoms in total. The molecule has 2 saturated carbocycles. The minimum Gasteiger partial charge on any atom is -0.383 e. The third kappa shape index (κ3) is 6.83. The molecule has 0 saturated heterocycles. The number of carbonyl (C=O) groups excluding carboxylic acids is 1. The lowest BCUT2D eigenvalue weighted by Gasteiger charge is -2.44. The summed E-state index contributed by atoms with van der Waals surface area (Å²) < 4.78 is 5.23. The fourth-order valence-electron chi connectivity index (χ4n) is 4.58. The summed E-state index contributed by atoms with van der Waals surface area (Å²) in [6.07, 6.45) is 5.69. The first-order chi connectivity index (χ1) is 11.6. The van der Waals surface area contributed by atoms with Gasteiger partial charge in [0.05, 0.1) is 6.61 Å². The molecule has 2 aliphatic carbocycles. The van der Waals surface area contributed by atoms with Gasteiger partial charge in [-0.1, -0.05) is 20.3 Å². The Balaban J connectivity index is 0.00000312. The molecule has 7 heteroatoms. The van der Waals surface area contributed by atoms with Crippen LogP contribution in [0.5, 0.6) is 0 Å². The predicted molar refractivity (Wildman–Crippen MR) is 112 cm³/mol. The van der Waals surface area contributed by atoms with Crippen molar-refractivity contribution >= 4 is 30.7 Å². The highest BCUT2D eigenvalue weighted by Gasteiger charge is 2.41. The maximum Gasteiger partial charge on any atom is 0.225 e. The monoisotopic (exact) mass is 411 g/mol. The van der Waals surface area contributed by atoms with Gasteiger partial charge in [0.25, 0.3) is 0 Å². The van der Waals surface area contributed by atoms with Crippen LogP contribution in [0.1, 0.15) is 46.0 Å². The predicted octanol–water partition coefficient (Wildman–Crippen LogP) is 2.80. The van der Waals surface area contributed by atoms with E-state index in [1.54, 1.807) is 7.11 Å². The van der Waals surface area contributed by atoms with Crippen molar-refractivity contribution in [3.8, 4) is 0 Å². The Hall–Kier alpha value is -0.0700. The zero-order chi connectivity index (χ0) is 17.5. The number of likely N-dealkylation sites (N-methyl/N-ethyl adjacent to an activating group) is 1. The van der Waals surface area contributed by atoms with E-state index in [0.29, 0.717) is 36.9 Å². The van der Waals surface area contributed by atoms with Gasteiger partial charge in [0, 0.05) is 38.7 Å². The van der Waals surface area contributed by atoms with E-state index < -0.39 is 0 Å². The topological polar surface area (TPSA) is 58.8 Å².